The predicted molar refractivity (Wildman–Crippen MR) is 92.0 cm³/mol. The van der Waals surface area contributed by atoms with Crippen LogP contribution in [0, 0.1) is 0 Å². The first-order chi connectivity index (χ1) is 8.31. The van der Waals surface area contributed by atoms with Crippen LogP contribution < -0.4 is 0 Å². The third kappa shape index (κ3) is 14.1. The summed E-state index contributed by atoms with van der Waals surface area (Å²) in [6.07, 6.45) is 1.81. The van der Waals surface area contributed by atoms with Crippen LogP contribution in [0.1, 0.15) is 89.5 Å². The molecule has 0 saturated carbocycles. The summed E-state index contributed by atoms with van der Waals surface area (Å²) in [7, 11) is 0. The summed E-state index contributed by atoms with van der Waals surface area (Å²) in [5, 5.41) is 9.73. The Bertz CT molecular complexity index is 149. The molecule has 1 N–H and O–H groups in total. The number of hydrogen-bond donors (Lipinski definition) is 1. The summed E-state index contributed by atoms with van der Waals surface area (Å²) in [6, 6.07) is 0. The van der Waals surface area contributed by atoms with Crippen molar-refractivity contribution < 1.29 is 5.11 Å². The van der Waals surface area contributed by atoms with E-state index in [1.807, 2.05) is 48.5 Å². The summed E-state index contributed by atoms with van der Waals surface area (Å²) >= 11 is 0. The molecular weight excluding hydrogens is 234 g/mol. The first kappa shape index (κ1) is 27.3. The zero-order valence-electron chi connectivity index (χ0n) is 14.7. The van der Waals surface area contributed by atoms with Crippen molar-refractivity contribution in [2.24, 2.45) is 0 Å². The Kier molecular flexibility index (Phi) is 20.6. The molecule has 1 saturated heterocycles. The Balaban J connectivity index is -0.000000142. The van der Waals surface area contributed by atoms with E-state index in [0.29, 0.717) is 0 Å². The van der Waals surface area contributed by atoms with E-state index in [-0.39, 0.29) is 13.0 Å². The van der Waals surface area contributed by atoms with Crippen LogP contribution in [0.15, 0.2) is 0 Å². The van der Waals surface area contributed by atoms with Gasteiger partial charge in [0.25, 0.3) is 0 Å². The molecule has 0 atom stereocenters. The van der Waals surface area contributed by atoms with Gasteiger partial charge < -0.3 is 5.11 Å². The summed E-state index contributed by atoms with van der Waals surface area (Å²) in [5.74, 6) is 0. The zero-order valence-corrected chi connectivity index (χ0v) is 14.7. The van der Waals surface area contributed by atoms with E-state index in [1.165, 1.54) is 0 Å². The zero-order chi connectivity index (χ0) is 15.4. The smallest absolute Gasteiger partial charge is 0.0644 e. The Hall–Kier alpha value is -0.0800. The molecule has 0 aromatic carbocycles. The highest BCUT2D eigenvalue weighted by molar-refractivity contribution is 4.86. The molecule has 19 heavy (non-hydrogen) atoms. The van der Waals surface area contributed by atoms with Crippen molar-refractivity contribution in [1.29, 1.82) is 0 Å². The van der Waals surface area contributed by atoms with Gasteiger partial charge in [-0.3, -0.25) is 4.90 Å². The van der Waals surface area contributed by atoms with E-state index < -0.39 is 5.60 Å². The third-order valence-corrected chi connectivity index (χ3v) is 2.79. The van der Waals surface area contributed by atoms with Crippen LogP contribution >= 0.6 is 0 Å². The SMILES string of the molecule is C.CC.CC.CC.CC1(O)CCN(C(C)(C)C)CC1. The van der Waals surface area contributed by atoms with Gasteiger partial charge in [-0.05, 0) is 40.5 Å². The van der Waals surface area contributed by atoms with Gasteiger partial charge >= 0.3 is 0 Å². The molecule has 1 aliphatic rings. The molecule has 2 heteroatoms. The molecule has 0 aromatic heterocycles. The number of likely N-dealkylation sites (tertiary alicyclic amines) is 1. The monoisotopic (exact) mass is 277 g/mol. The van der Waals surface area contributed by atoms with Gasteiger partial charge in [-0.1, -0.05) is 49.0 Å². The van der Waals surface area contributed by atoms with Crippen molar-refractivity contribution in [3.8, 4) is 0 Å². The highest BCUT2D eigenvalue weighted by Crippen LogP contribution is 2.25. The molecule has 0 amide bonds. The normalized spacial score (nSPS) is 17.2. The van der Waals surface area contributed by atoms with Crippen LogP contribution in [0.4, 0.5) is 0 Å². The summed E-state index contributed by atoms with van der Waals surface area (Å²) in [4.78, 5) is 2.44. The predicted octanol–water partition coefficient (Wildman–Crippen LogP) is 5.35. The molecule has 122 valence electrons. The lowest BCUT2D eigenvalue weighted by Crippen LogP contribution is -2.50. The molecule has 2 nitrogen and oxygen atoms in total. The van der Waals surface area contributed by atoms with Crippen LogP contribution in [-0.4, -0.2) is 34.2 Å². The molecule has 0 spiro atoms. The fourth-order valence-electron chi connectivity index (χ4n) is 1.66. The molecule has 1 aliphatic heterocycles. The van der Waals surface area contributed by atoms with Crippen molar-refractivity contribution >= 4 is 0 Å². The number of aliphatic hydroxyl groups is 1. The molecular formula is C17H43NO. The largest absolute Gasteiger partial charge is 0.390 e. The lowest BCUT2D eigenvalue weighted by atomic mass is 9.91. The van der Waals surface area contributed by atoms with Crippen LogP contribution in [0.3, 0.4) is 0 Å². The maximum absolute atomic E-state index is 9.73. The van der Waals surface area contributed by atoms with Crippen molar-refractivity contribution in [2.75, 3.05) is 13.1 Å². The topological polar surface area (TPSA) is 23.5 Å². The highest BCUT2D eigenvalue weighted by atomic mass is 16.3. The second-order valence-electron chi connectivity index (χ2n) is 5.15. The van der Waals surface area contributed by atoms with E-state index in [0.717, 1.165) is 25.9 Å². The molecule has 0 radical (unpaired) electrons. The van der Waals surface area contributed by atoms with Crippen LogP contribution in [0.5, 0.6) is 0 Å². The molecule has 0 bridgehead atoms. The minimum Gasteiger partial charge on any atom is -0.390 e. The molecule has 0 aliphatic carbocycles. The minimum atomic E-state index is -0.415. The van der Waals surface area contributed by atoms with Crippen LogP contribution in [0.2, 0.25) is 0 Å². The van der Waals surface area contributed by atoms with E-state index in [4.69, 9.17) is 0 Å². The Morgan fingerprint density at radius 3 is 1.32 bits per heavy atom. The number of rotatable bonds is 0. The van der Waals surface area contributed by atoms with E-state index in [9.17, 15) is 5.11 Å². The standard InChI is InChI=1S/C10H21NO.3C2H6.CH4/c1-9(2,3)11-7-5-10(4,12)6-8-11;3*1-2;/h12H,5-8H2,1-4H3;3*1-2H3;1H4. The summed E-state index contributed by atoms with van der Waals surface area (Å²) in [5.41, 5.74) is -0.155. The number of piperidine rings is 1. The second kappa shape index (κ2) is 14.3. The van der Waals surface area contributed by atoms with Gasteiger partial charge in [0.15, 0.2) is 0 Å². The maximum Gasteiger partial charge on any atom is 0.0644 e. The lowest BCUT2D eigenvalue weighted by molar-refractivity contribution is -0.0284. The quantitative estimate of drug-likeness (QED) is 0.645. The summed E-state index contributed by atoms with van der Waals surface area (Å²) < 4.78 is 0. The van der Waals surface area contributed by atoms with Crippen molar-refractivity contribution in [1.82, 2.24) is 4.90 Å². The Morgan fingerprint density at radius 1 is 0.842 bits per heavy atom. The van der Waals surface area contributed by atoms with Gasteiger partial charge in [0.05, 0.1) is 5.60 Å². The van der Waals surface area contributed by atoms with Gasteiger partial charge in [0, 0.05) is 18.6 Å². The van der Waals surface area contributed by atoms with Crippen molar-refractivity contribution in [2.45, 2.75) is 101 Å². The average Bonchev–Trinajstić information content (AvgIpc) is 2.35. The molecule has 1 rings (SSSR count). The van der Waals surface area contributed by atoms with Gasteiger partial charge in [-0.15, -0.1) is 0 Å². The molecule has 1 heterocycles. The molecule has 0 unspecified atom stereocenters. The van der Waals surface area contributed by atoms with E-state index in [1.54, 1.807) is 0 Å². The maximum atomic E-state index is 9.73. The van der Waals surface area contributed by atoms with Crippen LogP contribution in [0.25, 0.3) is 0 Å². The van der Waals surface area contributed by atoms with E-state index in [2.05, 4.69) is 25.7 Å². The molecule has 0 aromatic rings. The number of nitrogens with zero attached hydrogens (tertiary/aromatic N) is 1. The van der Waals surface area contributed by atoms with Crippen molar-refractivity contribution in [3.63, 3.8) is 0 Å². The van der Waals surface area contributed by atoms with Gasteiger partial charge in [0.2, 0.25) is 0 Å². The fourth-order valence-corrected chi connectivity index (χ4v) is 1.66. The highest BCUT2D eigenvalue weighted by Gasteiger charge is 2.31. The second-order valence-corrected chi connectivity index (χ2v) is 5.15. The lowest BCUT2D eigenvalue weighted by Gasteiger charge is -2.43. The Morgan fingerprint density at radius 2 is 1.11 bits per heavy atom. The number of hydrogen-bond acceptors (Lipinski definition) is 2. The van der Waals surface area contributed by atoms with E-state index >= 15 is 0 Å². The minimum absolute atomic E-state index is 0. The van der Waals surface area contributed by atoms with Gasteiger partial charge in [-0.25, -0.2) is 0 Å². The molecule has 1 fully saturated rings. The van der Waals surface area contributed by atoms with Crippen LogP contribution in [-0.2, 0) is 0 Å². The van der Waals surface area contributed by atoms with Gasteiger partial charge in [0.1, 0.15) is 0 Å². The summed E-state index contributed by atoms with van der Waals surface area (Å²) in [6.45, 7) is 22.7. The Labute approximate surface area is 124 Å². The third-order valence-electron chi connectivity index (χ3n) is 2.79. The fraction of sp³-hybridized carbons (Fsp3) is 1.00. The first-order valence-corrected chi connectivity index (χ1v) is 7.79. The first-order valence-electron chi connectivity index (χ1n) is 7.79. The average molecular weight is 278 g/mol. The van der Waals surface area contributed by atoms with Gasteiger partial charge in [-0.2, -0.15) is 0 Å². The van der Waals surface area contributed by atoms with Crippen molar-refractivity contribution in [3.05, 3.63) is 0 Å².